The lowest BCUT2D eigenvalue weighted by atomic mass is 10.1. The van der Waals surface area contributed by atoms with Gasteiger partial charge >= 0.3 is 0 Å². The average molecular weight is 346 g/mol. The lowest BCUT2D eigenvalue weighted by Crippen LogP contribution is -2.43. The topological polar surface area (TPSA) is 71.7 Å². The lowest BCUT2D eigenvalue weighted by molar-refractivity contribution is 0.0184. The van der Waals surface area contributed by atoms with Crippen LogP contribution in [0.1, 0.15) is 21.3 Å². The summed E-state index contributed by atoms with van der Waals surface area (Å²) >= 11 is 1.76. The fourth-order valence-corrected chi connectivity index (χ4v) is 3.88. The van der Waals surface area contributed by atoms with Crippen LogP contribution in [-0.4, -0.2) is 55.7 Å². The van der Waals surface area contributed by atoms with Crippen molar-refractivity contribution in [2.24, 2.45) is 5.73 Å². The van der Waals surface area contributed by atoms with Crippen molar-refractivity contribution in [3.05, 3.63) is 46.4 Å². The number of likely N-dealkylation sites (N-methyl/N-ethyl adjacent to an activating group) is 1. The number of thiophene rings is 1. The molecule has 128 valence electrons. The van der Waals surface area contributed by atoms with Crippen molar-refractivity contribution in [3.63, 3.8) is 0 Å². The minimum atomic E-state index is -0.455. The van der Waals surface area contributed by atoms with Crippen molar-refractivity contribution in [1.82, 2.24) is 9.88 Å². The van der Waals surface area contributed by atoms with Crippen molar-refractivity contribution in [2.45, 2.75) is 6.04 Å². The summed E-state index contributed by atoms with van der Waals surface area (Å²) in [5.41, 5.74) is 6.75. The molecule has 1 aliphatic rings. The molecule has 2 N–H and O–H groups in total. The van der Waals surface area contributed by atoms with Gasteiger partial charge in [0.05, 0.1) is 30.5 Å². The third kappa shape index (κ3) is 3.75. The highest BCUT2D eigenvalue weighted by molar-refractivity contribution is 7.10. The number of nitrogens with two attached hydrogens (primary N) is 1. The van der Waals surface area contributed by atoms with Gasteiger partial charge in [-0.25, -0.2) is 0 Å². The van der Waals surface area contributed by atoms with Crippen LogP contribution in [0.2, 0.25) is 0 Å². The first-order valence-corrected chi connectivity index (χ1v) is 8.85. The zero-order valence-corrected chi connectivity index (χ0v) is 14.5. The van der Waals surface area contributed by atoms with E-state index in [4.69, 9.17) is 10.5 Å². The van der Waals surface area contributed by atoms with E-state index in [1.807, 2.05) is 13.1 Å². The van der Waals surface area contributed by atoms with E-state index >= 15 is 0 Å². The van der Waals surface area contributed by atoms with Crippen LogP contribution in [0, 0.1) is 0 Å². The van der Waals surface area contributed by atoms with Crippen LogP contribution in [-0.2, 0) is 4.74 Å². The molecule has 0 radical (unpaired) electrons. The van der Waals surface area contributed by atoms with Gasteiger partial charge < -0.3 is 15.4 Å². The molecule has 1 unspecified atom stereocenters. The van der Waals surface area contributed by atoms with E-state index in [2.05, 4.69) is 32.3 Å². The first-order valence-electron chi connectivity index (χ1n) is 7.97. The molecule has 3 heterocycles. The van der Waals surface area contributed by atoms with Gasteiger partial charge in [0.2, 0.25) is 0 Å². The van der Waals surface area contributed by atoms with E-state index in [1.165, 1.54) is 11.1 Å². The van der Waals surface area contributed by atoms with Gasteiger partial charge in [-0.2, -0.15) is 0 Å². The summed E-state index contributed by atoms with van der Waals surface area (Å²) < 4.78 is 5.49. The van der Waals surface area contributed by atoms with Gasteiger partial charge in [-0.05, 0) is 17.5 Å². The summed E-state index contributed by atoms with van der Waals surface area (Å²) in [5.74, 6) is -0.455. The number of carbonyl (C=O) groups excluding carboxylic acids is 1. The third-order valence-electron chi connectivity index (χ3n) is 4.28. The highest BCUT2D eigenvalue weighted by Gasteiger charge is 2.25. The normalized spacial score (nSPS) is 16.7. The fraction of sp³-hybridized carbons (Fsp3) is 0.412. The molecule has 7 heteroatoms. The molecule has 0 aromatic carbocycles. The maximum Gasteiger partial charge on any atom is 0.252 e. The number of rotatable bonds is 6. The summed E-state index contributed by atoms with van der Waals surface area (Å²) in [4.78, 5) is 21.5. The summed E-state index contributed by atoms with van der Waals surface area (Å²) in [6.07, 6.45) is 3.22. The number of anilines is 1. The first-order chi connectivity index (χ1) is 11.7. The van der Waals surface area contributed by atoms with Gasteiger partial charge in [0.15, 0.2) is 0 Å². The second kappa shape index (κ2) is 7.74. The monoisotopic (exact) mass is 346 g/mol. The highest BCUT2D eigenvalue weighted by atomic mass is 32.1. The Bertz CT molecular complexity index is 671. The number of pyridine rings is 1. The molecule has 6 nitrogen and oxygen atoms in total. The third-order valence-corrected chi connectivity index (χ3v) is 5.25. The molecule has 1 fully saturated rings. The van der Waals surface area contributed by atoms with Crippen LogP contribution in [0.5, 0.6) is 0 Å². The van der Waals surface area contributed by atoms with E-state index < -0.39 is 5.91 Å². The Kier molecular flexibility index (Phi) is 5.44. The molecule has 0 spiro atoms. The molecule has 3 rings (SSSR count). The smallest absolute Gasteiger partial charge is 0.252 e. The Morgan fingerprint density at radius 3 is 2.92 bits per heavy atom. The molecule has 1 atom stereocenters. The van der Waals surface area contributed by atoms with Crippen molar-refractivity contribution in [3.8, 4) is 0 Å². The number of primary amides is 1. The molecule has 1 aliphatic heterocycles. The maximum absolute atomic E-state index is 11.7. The number of ether oxygens (including phenoxy) is 1. The Morgan fingerprint density at radius 1 is 1.46 bits per heavy atom. The Hall–Kier alpha value is -1.96. The van der Waals surface area contributed by atoms with E-state index in [1.54, 1.807) is 17.5 Å². The SMILES string of the molecule is CN(CC(c1cccs1)N1CCOCC1)c1ccncc1C(N)=O. The molecule has 2 aromatic rings. The second-order valence-corrected chi connectivity index (χ2v) is 6.80. The van der Waals surface area contributed by atoms with Gasteiger partial charge in [-0.3, -0.25) is 14.7 Å². The van der Waals surface area contributed by atoms with E-state index in [0.717, 1.165) is 38.5 Å². The van der Waals surface area contributed by atoms with Gasteiger partial charge in [0, 0.05) is 44.0 Å². The number of aromatic nitrogens is 1. The molecular weight excluding hydrogens is 324 g/mol. The summed E-state index contributed by atoms with van der Waals surface area (Å²) in [6.45, 7) is 4.11. The molecular formula is C17H22N4O2S. The number of morpholine rings is 1. The molecule has 2 aromatic heterocycles. The molecule has 24 heavy (non-hydrogen) atoms. The van der Waals surface area contributed by atoms with Crippen LogP contribution in [0.3, 0.4) is 0 Å². The standard InChI is InChI=1S/C17H22N4O2S/c1-20(14-4-5-19-11-13(14)17(18)22)12-15(16-3-2-10-24-16)21-6-8-23-9-7-21/h2-5,10-11,15H,6-9,12H2,1H3,(H2,18,22). The van der Waals surface area contributed by atoms with Crippen molar-refractivity contribution in [2.75, 3.05) is 44.8 Å². The molecule has 1 amide bonds. The van der Waals surface area contributed by atoms with Crippen molar-refractivity contribution in [1.29, 1.82) is 0 Å². The summed E-state index contributed by atoms with van der Waals surface area (Å²) in [5, 5.41) is 2.10. The minimum absolute atomic E-state index is 0.257. The molecule has 0 bridgehead atoms. The zero-order valence-electron chi connectivity index (χ0n) is 13.7. The number of amides is 1. The molecule has 0 saturated carbocycles. The summed E-state index contributed by atoms with van der Waals surface area (Å²) in [7, 11) is 1.99. The number of hydrogen-bond donors (Lipinski definition) is 1. The fourth-order valence-electron chi connectivity index (χ4n) is 3.02. The van der Waals surface area contributed by atoms with Gasteiger partial charge in [-0.1, -0.05) is 6.07 Å². The van der Waals surface area contributed by atoms with Crippen molar-refractivity contribution >= 4 is 22.9 Å². The predicted molar refractivity (Wildman–Crippen MR) is 95.5 cm³/mol. The number of carbonyl (C=O) groups is 1. The van der Waals surface area contributed by atoms with Crippen LogP contribution >= 0.6 is 11.3 Å². The Balaban J connectivity index is 1.83. The second-order valence-electron chi connectivity index (χ2n) is 5.82. The lowest BCUT2D eigenvalue weighted by Gasteiger charge is -2.37. The van der Waals surface area contributed by atoms with E-state index in [9.17, 15) is 4.79 Å². The Labute approximate surface area is 145 Å². The van der Waals surface area contributed by atoms with Gasteiger partial charge in [-0.15, -0.1) is 11.3 Å². The van der Waals surface area contributed by atoms with Crippen LogP contribution < -0.4 is 10.6 Å². The van der Waals surface area contributed by atoms with E-state index in [-0.39, 0.29) is 6.04 Å². The quantitative estimate of drug-likeness (QED) is 0.863. The largest absolute Gasteiger partial charge is 0.379 e. The molecule has 1 saturated heterocycles. The molecule has 0 aliphatic carbocycles. The maximum atomic E-state index is 11.7. The summed E-state index contributed by atoms with van der Waals surface area (Å²) in [6, 6.07) is 6.34. The minimum Gasteiger partial charge on any atom is -0.379 e. The number of hydrogen-bond acceptors (Lipinski definition) is 6. The Morgan fingerprint density at radius 2 is 2.25 bits per heavy atom. The first kappa shape index (κ1) is 16.9. The van der Waals surface area contributed by atoms with Gasteiger partial charge in [0.25, 0.3) is 5.91 Å². The number of nitrogens with zero attached hydrogens (tertiary/aromatic N) is 3. The van der Waals surface area contributed by atoms with Crippen LogP contribution in [0.4, 0.5) is 5.69 Å². The van der Waals surface area contributed by atoms with E-state index in [0.29, 0.717) is 5.56 Å². The van der Waals surface area contributed by atoms with Gasteiger partial charge in [0.1, 0.15) is 0 Å². The zero-order chi connectivity index (χ0) is 16.9. The van der Waals surface area contributed by atoms with Crippen LogP contribution in [0.25, 0.3) is 0 Å². The van der Waals surface area contributed by atoms with Crippen LogP contribution in [0.15, 0.2) is 36.0 Å². The predicted octanol–water partition coefficient (Wildman–Crippen LogP) is 1.75. The van der Waals surface area contributed by atoms with Crippen molar-refractivity contribution < 1.29 is 9.53 Å². The highest BCUT2D eigenvalue weighted by Crippen LogP contribution is 2.29. The average Bonchev–Trinajstić information content (AvgIpc) is 3.14.